The highest BCUT2D eigenvalue weighted by molar-refractivity contribution is 6.11. The molecule has 0 bridgehead atoms. The summed E-state index contributed by atoms with van der Waals surface area (Å²) in [6, 6.07) is 17.3. The van der Waals surface area contributed by atoms with Crippen molar-refractivity contribution in [3.05, 3.63) is 88.5 Å². The maximum absolute atomic E-state index is 12.7. The van der Waals surface area contributed by atoms with Gasteiger partial charge in [-0.2, -0.15) is 10.4 Å². The van der Waals surface area contributed by atoms with Crippen LogP contribution in [-0.4, -0.2) is 33.8 Å². The van der Waals surface area contributed by atoms with Crippen molar-refractivity contribution in [2.24, 2.45) is 5.10 Å². The van der Waals surface area contributed by atoms with Crippen LogP contribution in [0.2, 0.25) is 0 Å². The van der Waals surface area contributed by atoms with E-state index in [9.17, 15) is 15.2 Å². The number of benzene rings is 1. The van der Waals surface area contributed by atoms with Crippen molar-refractivity contribution < 1.29 is 14.6 Å². The molecule has 1 amide bonds. The highest BCUT2D eigenvalue weighted by Crippen LogP contribution is 2.27. The van der Waals surface area contributed by atoms with Crippen molar-refractivity contribution >= 4 is 17.7 Å². The monoisotopic (exact) mass is 427 g/mol. The minimum absolute atomic E-state index is 0.0434. The first-order valence-electron chi connectivity index (χ1n) is 9.66. The second kappa shape index (κ2) is 10.00. The summed E-state index contributed by atoms with van der Waals surface area (Å²) >= 11 is 0. The third-order valence-electron chi connectivity index (χ3n) is 4.41. The van der Waals surface area contributed by atoms with Gasteiger partial charge in [-0.25, -0.2) is 5.43 Å². The number of rotatable bonds is 6. The van der Waals surface area contributed by atoms with Crippen LogP contribution in [-0.2, 0) is 4.79 Å². The van der Waals surface area contributed by atoms with Crippen molar-refractivity contribution in [3.8, 4) is 17.6 Å². The molecule has 0 fully saturated rings. The van der Waals surface area contributed by atoms with Gasteiger partial charge in [0.15, 0.2) is 11.5 Å². The average molecular weight is 427 g/mol. The van der Waals surface area contributed by atoms with Gasteiger partial charge < -0.3 is 9.84 Å². The number of nitriles is 1. The summed E-state index contributed by atoms with van der Waals surface area (Å²) in [5.41, 5.74) is 5.78. The molecule has 0 saturated heterocycles. The molecule has 0 atom stereocenters. The molecule has 0 aliphatic rings. The molecule has 3 rings (SSSR count). The number of hydrazone groups is 1. The van der Waals surface area contributed by atoms with Gasteiger partial charge in [-0.05, 0) is 61.9 Å². The van der Waals surface area contributed by atoms with Gasteiger partial charge >= 0.3 is 0 Å². The number of nitrogens with one attached hydrogen (secondary N) is 1. The molecule has 3 aromatic rings. The van der Waals surface area contributed by atoms with Crippen molar-refractivity contribution in [2.45, 2.75) is 13.8 Å². The Morgan fingerprint density at radius 1 is 1.09 bits per heavy atom. The molecular weight excluding hydrogens is 406 g/mol. The molecule has 160 valence electrons. The minimum atomic E-state index is -0.697. The predicted octanol–water partition coefficient (Wildman–Crippen LogP) is 3.28. The molecule has 0 saturated carbocycles. The van der Waals surface area contributed by atoms with Crippen molar-refractivity contribution in [2.75, 3.05) is 7.11 Å². The van der Waals surface area contributed by atoms with Gasteiger partial charge in [0, 0.05) is 11.4 Å². The number of carbonyl (C=O) groups excluding carboxylic acids is 1. The van der Waals surface area contributed by atoms with E-state index < -0.39 is 5.91 Å². The lowest BCUT2D eigenvalue weighted by Gasteiger charge is -2.08. The van der Waals surface area contributed by atoms with E-state index >= 15 is 0 Å². The van der Waals surface area contributed by atoms with Crippen LogP contribution in [0, 0.1) is 25.2 Å². The smallest absolute Gasteiger partial charge is 0.282 e. The number of methoxy groups -OCH3 is 1. The number of carbonyl (C=O) groups is 1. The largest absolute Gasteiger partial charge is 0.504 e. The number of phenols is 1. The predicted molar refractivity (Wildman–Crippen MR) is 120 cm³/mol. The normalized spacial score (nSPS) is 10.8. The minimum Gasteiger partial charge on any atom is -0.504 e. The van der Waals surface area contributed by atoms with Crippen LogP contribution in [0.3, 0.4) is 0 Å². The third-order valence-corrected chi connectivity index (χ3v) is 4.41. The van der Waals surface area contributed by atoms with Gasteiger partial charge in [0.25, 0.3) is 5.91 Å². The van der Waals surface area contributed by atoms with Crippen molar-refractivity contribution in [1.82, 2.24) is 15.4 Å². The number of amides is 1. The summed E-state index contributed by atoms with van der Waals surface area (Å²) in [6.45, 7) is 3.71. The van der Waals surface area contributed by atoms with Crippen LogP contribution in [0.25, 0.3) is 6.08 Å². The fraction of sp³-hybridized carbons (Fsp3) is 0.125. The maximum atomic E-state index is 12.7. The van der Waals surface area contributed by atoms with E-state index in [1.807, 2.05) is 44.2 Å². The van der Waals surface area contributed by atoms with E-state index in [1.165, 1.54) is 25.3 Å². The zero-order chi connectivity index (χ0) is 23.1. The molecular formula is C24H21N5O3. The molecule has 0 spiro atoms. The van der Waals surface area contributed by atoms with E-state index in [-0.39, 0.29) is 17.1 Å². The number of hydrogen-bond acceptors (Lipinski definition) is 7. The average Bonchev–Trinajstić information content (AvgIpc) is 2.78. The molecule has 32 heavy (non-hydrogen) atoms. The standard InChI is InChI=1S/C24H21N5O3/c1-15-6-4-8-19(26-15)23(20-9-5-7-16(2)27-20)28-29-24(31)18(14-25)12-17-10-11-21(30)22(13-17)32-3/h4-13,30H,1-3H3,(H,29,31)/b18-12+. The molecule has 2 aromatic heterocycles. The lowest BCUT2D eigenvalue weighted by molar-refractivity contribution is -0.117. The van der Waals surface area contributed by atoms with Crippen LogP contribution >= 0.6 is 0 Å². The Bertz CT molecular complexity index is 1210. The van der Waals surface area contributed by atoms with Crippen LogP contribution < -0.4 is 10.2 Å². The van der Waals surface area contributed by atoms with Crippen molar-refractivity contribution in [1.29, 1.82) is 5.26 Å². The summed E-state index contributed by atoms with van der Waals surface area (Å²) < 4.78 is 5.06. The van der Waals surface area contributed by atoms with E-state index in [2.05, 4.69) is 20.5 Å². The van der Waals surface area contributed by atoms with E-state index in [0.717, 1.165) is 11.4 Å². The van der Waals surface area contributed by atoms with Gasteiger partial charge in [0.1, 0.15) is 17.4 Å². The van der Waals surface area contributed by atoms with E-state index in [1.54, 1.807) is 18.2 Å². The zero-order valence-electron chi connectivity index (χ0n) is 17.8. The van der Waals surface area contributed by atoms with Gasteiger partial charge in [-0.3, -0.25) is 14.8 Å². The lowest BCUT2D eigenvalue weighted by atomic mass is 10.1. The molecule has 8 nitrogen and oxygen atoms in total. The van der Waals surface area contributed by atoms with Gasteiger partial charge in [0.2, 0.25) is 0 Å². The highest BCUT2D eigenvalue weighted by atomic mass is 16.5. The molecule has 0 aliphatic carbocycles. The Hall–Kier alpha value is -4.51. The second-order valence-corrected chi connectivity index (χ2v) is 6.83. The Morgan fingerprint density at radius 3 is 2.25 bits per heavy atom. The second-order valence-electron chi connectivity index (χ2n) is 6.83. The number of phenolic OH excluding ortho intramolecular Hbond substituents is 1. The van der Waals surface area contributed by atoms with E-state index in [0.29, 0.717) is 22.7 Å². The summed E-state index contributed by atoms with van der Waals surface area (Å²) in [7, 11) is 1.41. The first kappa shape index (κ1) is 22.2. The Balaban J connectivity index is 1.94. The number of ether oxygens (including phenoxy) is 1. The van der Waals surface area contributed by atoms with Gasteiger partial charge in [-0.1, -0.05) is 18.2 Å². The number of aryl methyl sites for hydroxylation is 2. The fourth-order valence-electron chi connectivity index (χ4n) is 2.86. The molecule has 1 aromatic carbocycles. The number of pyridine rings is 2. The molecule has 0 unspecified atom stereocenters. The summed E-state index contributed by atoms with van der Waals surface area (Å²) in [5, 5.41) is 23.4. The SMILES string of the molecule is COc1cc(/C=C(\C#N)C(=O)NN=C(c2cccc(C)n2)c2cccc(C)n2)ccc1O. The number of hydrogen-bond donors (Lipinski definition) is 2. The molecule has 8 heteroatoms. The highest BCUT2D eigenvalue weighted by Gasteiger charge is 2.14. The Kier molecular flexibility index (Phi) is 6.93. The maximum Gasteiger partial charge on any atom is 0.282 e. The topological polar surface area (TPSA) is 120 Å². The van der Waals surface area contributed by atoms with Crippen molar-refractivity contribution in [3.63, 3.8) is 0 Å². The quantitative estimate of drug-likeness (QED) is 0.270. The van der Waals surface area contributed by atoms with Crippen LogP contribution in [0.15, 0.2) is 65.3 Å². The number of aromatic nitrogens is 2. The van der Waals surface area contributed by atoms with E-state index in [4.69, 9.17) is 4.74 Å². The Morgan fingerprint density at radius 2 is 1.72 bits per heavy atom. The Labute approximate surface area is 185 Å². The van der Waals surface area contributed by atoms with Crippen LogP contribution in [0.1, 0.15) is 28.3 Å². The third kappa shape index (κ3) is 5.34. The fourth-order valence-corrected chi connectivity index (χ4v) is 2.86. The van der Waals surface area contributed by atoms with Gasteiger partial charge in [-0.15, -0.1) is 0 Å². The van der Waals surface area contributed by atoms with Gasteiger partial charge in [0.05, 0.1) is 18.5 Å². The first-order valence-corrected chi connectivity index (χ1v) is 9.66. The molecule has 2 heterocycles. The first-order chi connectivity index (χ1) is 15.4. The van der Waals surface area contributed by atoms with Crippen LogP contribution in [0.4, 0.5) is 0 Å². The van der Waals surface area contributed by atoms with Crippen LogP contribution in [0.5, 0.6) is 11.5 Å². The summed E-state index contributed by atoms with van der Waals surface area (Å²) in [5.74, 6) is -0.511. The molecule has 2 N–H and O–H groups in total. The number of aromatic hydroxyl groups is 1. The zero-order valence-corrected chi connectivity index (χ0v) is 17.8. The number of nitrogens with zero attached hydrogens (tertiary/aromatic N) is 4. The summed E-state index contributed by atoms with van der Waals surface area (Å²) in [6.07, 6.45) is 1.38. The summed E-state index contributed by atoms with van der Waals surface area (Å²) in [4.78, 5) is 21.6. The lowest BCUT2D eigenvalue weighted by Crippen LogP contribution is -2.22. The molecule has 0 radical (unpaired) electrons. The molecule has 0 aliphatic heterocycles.